The summed E-state index contributed by atoms with van der Waals surface area (Å²) in [6, 6.07) is 21.1. The zero-order valence-electron chi connectivity index (χ0n) is 11.2. The summed E-state index contributed by atoms with van der Waals surface area (Å²) in [4.78, 5) is 0.271. The van der Waals surface area contributed by atoms with Gasteiger partial charge in [0.25, 0.3) is 0 Å². The molecule has 0 radical (unpaired) electrons. The van der Waals surface area contributed by atoms with Crippen molar-refractivity contribution in [2.75, 3.05) is 0 Å². The van der Waals surface area contributed by atoms with Crippen LogP contribution < -0.4 is 0 Å². The lowest BCUT2D eigenvalue weighted by atomic mass is 10.0. The number of benzene rings is 3. The van der Waals surface area contributed by atoms with Gasteiger partial charge in [-0.2, -0.15) is 0 Å². The zero-order valence-corrected chi connectivity index (χ0v) is 15.1. The lowest BCUT2D eigenvalue weighted by Crippen LogP contribution is -1.95. The van der Waals surface area contributed by atoms with Crippen LogP contribution in [0.25, 0.3) is 10.8 Å². The highest BCUT2D eigenvalue weighted by Crippen LogP contribution is 2.32. The molecule has 0 aliphatic rings. The van der Waals surface area contributed by atoms with Crippen molar-refractivity contribution in [3.8, 4) is 0 Å². The monoisotopic (exact) mass is 422 g/mol. The van der Waals surface area contributed by atoms with E-state index in [0.29, 0.717) is 0 Å². The van der Waals surface area contributed by atoms with E-state index in [1.54, 1.807) is 0 Å². The van der Waals surface area contributed by atoms with Gasteiger partial charge < -0.3 is 0 Å². The maximum Gasteiger partial charge on any atom is 0.0548 e. The molecule has 3 heteroatoms. The second kappa shape index (κ2) is 6.51. The first-order chi connectivity index (χ1) is 10.1. The van der Waals surface area contributed by atoms with Gasteiger partial charge in [0.05, 0.1) is 5.02 Å². The van der Waals surface area contributed by atoms with Gasteiger partial charge in [-0.3, -0.25) is 0 Å². The number of hydrogen-bond donors (Lipinski definition) is 0. The van der Waals surface area contributed by atoms with E-state index in [1.807, 2.05) is 6.07 Å². The van der Waals surface area contributed by atoms with E-state index in [2.05, 4.69) is 86.5 Å². The lowest BCUT2D eigenvalue weighted by Gasteiger charge is -2.12. The normalized spacial score (nSPS) is 12.5. The van der Waals surface area contributed by atoms with E-state index in [-0.39, 0.29) is 4.83 Å². The Morgan fingerprint density at radius 1 is 0.905 bits per heavy atom. The number of hydrogen-bond acceptors (Lipinski definition) is 0. The fourth-order valence-corrected chi connectivity index (χ4v) is 3.57. The van der Waals surface area contributed by atoms with Gasteiger partial charge in [0.15, 0.2) is 0 Å². The molecule has 0 heterocycles. The number of alkyl halides is 1. The second-order valence-electron chi connectivity index (χ2n) is 5.03. The maximum absolute atomic E-state index is 6.05. The average molecular weight is 425 g/mol. The third-order valence-electron chi connectivity index (χ3n) is 3.53. The average Bonchev–Trinajstić information content (AvgIpc) is 2.50. The molecule has 1 unspecified atom stereocenters. The molecule has 0 N–H and O–H groups in total. The van der Waals surface area contributed by atoms with E-state index in [0.717, 1.165) is 15.9 Å². The zero-order chi connectivity index (χ0) is 14.8. The van der Waals surface area contributed by atoms with E-state index in [4.69, 9.17) is 11.6 Å². The Kier molecular flexibility index (Phi) is 4.68. The molecule has 21 heavy (non-hydrogen) atoms. The molecule has 0 saturated carbocycles. The van der Waals surface area contributed by atoms with Gasteiger partial charge >= 0.3 is 0 Å². The van der Waals surface area contributed by atoms with Crippen LogP contribution in [0, 0.1) is 0 Å². The Morgan fingerprint density at radius 3 is 2.43 bits per heavy atom. The Labute approximate surface area is 146 Å². The third-order valence-corrected chi connectivity index (χ3v) is 5.60. The van der Waals surface area contributed by atoms with Crippen LogP contribution in [0.3, 0.4) is 0 Å². The van der Waals surface area contributed by atoms with Gasteiger partial charge in [-0.15, -0.1) is 0 Å². The topological polar surface area (TPSA) is 0 Å². The molecule has 0 aromatic heterocycles. The summed E-state index contributed by atoms with van der Waals surface area (Å²) in [5, 5.41) is 3.30. The fraction of sp³-hybridized carbons (Fsp3) is 0.111. The standard InChI is InChI=1S/C18H13Br2Cl/c19-16(15-7-8-18(21)17(20)11-15)10-12-5-6-13-3-1-2-4-14(13)9-12/h1-9,11,16H,10H2. The maximum atomic E-state index is 6.05. The summed E-state index contributed by atoms with van der Waals surface area (Å²) >= 11 is 13.3. The summed E-state index contributed by atoms with van der Waals surface area (Å²) in [6.45, 7) is 0. The molecule has 106 valence electrons. The van der Waals surface area contributed by atoms with Crippen LogP contribution in [0.5, 0.6) is 0 Å². The van der Waals surface area contributed by atoms with Crippen LogP contribution in [0.2, 0.25) is 5.02 Å². The van der Waals surface area contributed by atoms with Crippen molar-refractivity contribution in [2.45, 2.75) is 11.2 Å². The first kappa shape index (κ1) is 15.1. The minimum Gasteiger partial charge on any atom is -0.0835 e. The molecule has 0 fully saturated rings. The molecule has 3 rings (SSSR count). The van der Waals surface area contributed by atoms with E-state index in [9.17, 15) is 0 Å². The summed E-state index contributed by atoms with van der Waals surface area (Å²) < 4.78 is 0.935. The van der Waals surface area contributed by atoms with E-state index in [1.165, 1.54) is 21.9 Å². The Morgan fingerprint density at radius 2 is 1.67 bits per heavy atom. The lowest BCUT2D eigenvalue weighted by molar-refractivity contribution is 0.950. The van der Waals surface area contributed by atoms with Crippen molar-refractivity contribution in [2.24, 2.45) is 0 Å². The number of rotatable bonds is 3. The van der Waals surface area contributed by atoms with Crippen molar-refractivity contribution in [1.29, 1.82) is 0 Å². The molecule has 3 aromatic rings. The minimum absolute atomic E-state index is 0.271. The minimum atomic E-state index is 0.271. The molecule has 0 saturated heterocycles. The highest BCUT2D eigenvalue weighted by molar-refractivity contribution is 9.10. The second-order valence-corrected chi connectivity index (χ2v) is 7.39. The van der Waals surface area contributed by atoms with Crippen molar-refractivity contribution < 1.29 is 0 Å². The molecule has 3 aromatic carbocycles. The molecule has 0 spiro atoms. The fourth-order valence-electron chi connectivity index (χ4n) is 2.40. The Bertz CT molecular complexity index is 783. The van der Waals surface area contributed by atoms with Gasteiger partial charge in [-0.05, 0) is 56.4 Å². The van der Waals surface area contributed by atoms with E-state index >= 15 is 0 Å². The molecular weight excluding hydrogens is 411 g/mol. The van der Waals surface area contributed by atoms with Crippen LogP contribution in [0.1, 0.15) is 16.0 Å². The van der Waals surface area contributed by atoms with Crippen molar-refractivity contribution >= 4 is 54.2 Å². The number of halogens is 3. The first-order valence-electron chi connectivity index (χ1n) is 6.70. The van der Waals surface area contributed by atoms with Gasteiger partial charge in [0.2, 0.25) is 0 Å². The van der Waals surface area contributed by atoms with Gasteiger partial charge in [-0.1, -0.05) is 76.1 Å². The van der Waals surface area contributed by atoms with Gasteiger partial charge in [-0.25, -0.2) is 0 Å². The van der Waals surface area contributed by atoms with E-state index < -0.39 is 0 Å². The predicted molar refractivity (Wildman–Crippen MR) is 98.5 cm³/mol. The van der Waals surface area contributed by atoms with Crippen molar-refractivity contribution in [3.63, 3.8) is 0 Å². The molecule has 0 nitrogen and oxygen atoms in total. The molecule has 0 aliphatic heterocycles. The first-order valence-corrected chi connectivity index (χ1v) is 8.79. The predicted octanol–water partition coefficient (Wildman–Crippen LogP) is 6.93. The van der Waals surface area contributed by atoms with Crippen molar-refractivity contribution in [3.05, 3.63) is 81.3 Å². The Balaban J connectivity index is 1.85. The van der Waals surface area contributed by atoms with Gasteiger partial charge in [0, 0.05) is 9.30 Å². The number of fused-ring (bicyclic) bond motifs is 1. The molecule has 0 amide bonds. The summed E-state index contributed by atoms with van der Waals surface area (Å²) in [6.07, 6.45) is 0.943. The van der Waals surface area contributed by atoms with Gasteiger partial charge in [0.1, 0.15) is 0 Å². The molecule has 0 aliphatic carbocycles. The highest BCUT2D eigenvalue weighted by Gasteiger charge is 2.10. The summed E-state index contributed by atoms with van der Waals surface area (Å²) in [7, 11) is 0. The molecular formula is C18H13Br2Cl. The largest absolute Gasteiger partial charge is 0.0835 e. The SMILES string of the molecule is Clc1ccc(C(Br)Cc2ccc3ccccc3c2)cc1Br. The highest BCUT2D eigenvalue weighted by atomic mass is 79.9. The third kappa shape index (κ3) is 3.50. The van der Waals surface area contributed by atoms with Crippen LogP contribution >= 0.6 is 43.5 Å². The van der Waals surface area contributed by atoms with Crippen LogP contribution in [0.4, 0.5) is 0 Å². The van der Waals surface area contributed by atoms with Crippen molar-refractivity contribution in [1.82, 2.24) is 0 Å². The summed E-state index contributed by atoms with van der Waals surface area (Å²) in [5.74, 6) is 0. The Hall–Kier alpha value is -0.830. The van der Waals surface area contributed by atoms with Crippen LogP contribution in [-0.2, 0) is 6.42 Å². The summed E-state index contributed by atoms with van der Waals surface area (Å²) in [5.41, 5.74) is 2.54. The smallest absolute Gasteiger partial charge is 0.0548 e. The molecule has 1 atom stereocenters. The van der Waals surface area contributed by atoms with Crippen LogP contribution in [-0.4, -0.2) is 0 Å². The molecule has 0 bridgehead atoms. The van der Waals surface area contributed by atoms with Crippen LogP contribution in [0.15, 0.2) is 65.1 Å². The quantitative estimate of drug-likeness (QED) is 0.400.